The van der Waals surface area contributed by atoms with Gasteiger partial charge in [0.1, 0.15) is 5.82 Å². The number of aromatic nitrogens is 2. The first kappa shape index (κ1) is 13.3. The summed E-state index contributed by atoms with van der Waals surface area (Å²) in [5.41, 5.74) is 9.61. The lowest BCUT2D eigenvalue weighted by atomic mass is 9.82. The van der Waals surface area contributed by atoms with Gasteiger partial charge in [0.15, 0.2) is 0 Å². The molecular weight excluding hydrogens is 246 g/mol. The SMILES string of the molecule is Cc1cccc(-c2cnc(C3(N)CCCCC3)nc2)c1. The van der Waals surface area contributed by atoms with Gasteiger partial charge in [-0.15, -0.1) is 0 Å². The van der Waals surface area contributed by atoms with Crippen molar-refractivity contribution in [3.8, 4) is 11.1 Å². The summed E-state index contributed by atoms with van der Waals surface area (Å²) < 4.78 is 0. The molecule has 1 aromatic heterocycles. The largest absolute Gasteiger partial charge is 0.319 e. The molecule has 1 fully saturated rings. The zero-order valence-corrected chi connectivity index (χ0v) is 12.0. The van der Waals surface area contributed by atoms with E-state index < -0.39 is 0 Å². The van der Waals surface area contributed by atoms with E-state index in [2.05, 4.69) is 41.2 Å². The Labute approximate surface area is 120 Å². The average molecular weight is 267 g/mol. The van der Waals surface area contributed by atoms with Crippen LogP contribution in [-0.4, -0.2) is 9.97 Å². The molecule has 0 radical (unpaired) electrons. The topological polar surface area (TPSA) is 51.8 Å². The van der Waals surface area contributed by atoms with E-state index in [1.54, 1.807) is 0 Å². The number of aryl methyl sites for hydroxylation is 1. The first-order valence-electron chi connectivity index (χ1n) is 7.36. The number of benzene rings is 1. The van der Waals surface area contributed by atoms with E-state index in [-0.39, 0.29) is 5.54 Å². The second-order valence-electron chi connectivity index (χ2n) is 5.88. The molecule has 1 aromatic carbocycles. The molecule has 3 heteroatoms. The second kappa shape index (κ2) is 5.33. The maximum absolute atomic E-state index is 6.47. The van der Waals surface area contributed by atoms with Crippen molar-refractivity contribution in [2.75, 3.05) is 0 Å². The van der Waals surface area contributed by atoms with Crippen LogP contribution in [0.3, 0.4) is 0 Å². The lowest BCUT2D eigenvalue weighted by molar-refractivity contribution is 0.287. The fourth-order valence-electron chi connectivity index (χ4n) is 2.97. The van der Waals surface area contributed by atoms with Crippen molar-refractivity contribution in [2.45, 2.75) is 44.6 Å². The van der Waals surface area contributed by atoms with Crippen molar-refractivity contribution in [2.24, 2.45) is 5.73 Å². The summed E-state index contributed by atoms with van der Waals surface area (Å²) >= 11 is 0. The Balaban J connectivity index is 1.88. The molecular formula is C17H21N3. The Morgan fingerprint density at radius 2 is 1.70 bits per heavy atom. The molecule has 20 heavy (non-hydrogen) atoms. The van der Waals surface area contributed by atoms with Crippen LogP contribution in [0.25, 0.3) is 11.1 Å². The molecule has 2 N–H and O–H groups in total. The van der Waals surface area contributed by atoms with Crippen molar-refractivity contribution in [3.05, 3.63) is 48.0 Å². The number of nitrogens with zero attached hydrogens (tertiary/aromatic N) is 2. The monoisotopic (exact) mass is 267 g/mol. The van der Waals surface area contributed by atoms with Crippen molar-refractivity contribution in [3.63, 3.8) is 0 Å². The molecule has 0 unspecified atom stereocenters. The highest BCUT2D eigenvalue weighted by atomic mass is 15.0. The Bertz CT molecular complexity index is 583. The molecule has 1 heterocycles. The Morgan fingerprint density at radius 1 is 1.00 bits per heavy atom. The molecule has 2 aromatic rings. The van der Waals surface area contributed by atoms with Gasteiger partial charge in [0, 0.05) is 18.0 Å². The standard InChI is InChI=1S/C17H21N3/c1-13-6-5-7-14(10-13)15-11-19-16(20-12-15)17(18)8-3-2-4-9-17/h5-7,10-12H,2-4,8-9,18H2,1H3. The third-order valence-electron chi connectivity index (χ3n) is 4.19. The lowest BCUT2D eigenvalue weighted by Gasteiger charge is -2.31. The van der Waals surface area contributed by atoms with Gasteiger partial charge >= 0.3 is 0 Å². The molecule has 0 spiro atoms. The van der Waals surface area contributed by atoms with E-state index in [1.807, 2.05) is 12.4 Å². The zero-order valence-electron chi connectivity index (χ0n) is 12.0. The van der Waals surface area contributed by atoms with Gasteiger partial charge in [-0.25, -0.2) is 9.97 Å². The maximum Gasteiger partial charge on any atom is 0.148 e. The molecule has 3 rings (SSSR count). The van der Waals surface area contributed by atoms with E-state index in [0.29, 0.717) is 0 Å². The Kier molecular flexibility index (Phi) is 3.53. The molecule has 1 aliphatic carbocycles. The molecule has 0 atom stereocenters. The summed E-state index contributed by atoms with van der Waals surface area (Å²) in [6.45, 7) is 2.09. The van der Waals surface area contributed by atoms with Crippen molar-refractivity contribution in [1.29, 1.82) is 0 Å². The first-order valence-corrected chi connectivity index (χ1v) is 7.36. The highest BCUT2D eigenvalue weighted by Crippen LogP contribution is 2.33. The quantitative estimate of drug-likeness (QED) is 0.905. The predicted octanol–water partition coefficient (Wildman–Crippen LogP) is 3.57. The molecule has 0 amide bonds. The molecule has 1 saturated carbocycles. The van der Waals surface area contributed by atoms with Gasteiger partial charge in [0.2, 0.25) is 0 Å². The van der Waals surface area contributed by atoms with E-state index in [1.165, 1.54) is 24.8 Å². The Morgan fingerprint density at radius 3 is 2.35 bits per heavy atom. The summed E-state index contributed by atoms with van der Waals surface area (Å²) in [4.78, 5) is 9.09. The summed E-state index contributed by atoms with van der Waals surface area (Å²) in [6, 6.07) is 8.39. The van der Waals surface area contributed by atoms with Crippen LogP contribution in [0.15, 0.2) is 36.7 Å². The first-order chi connectivity index (χ1) is 9.67. The van der Waals surface area contributed by atoms with Crippen LogP contribution in [0.4, 0.5) is 0 Å². The number of hydrogen-bond donors (Lipinski definition) is 1. The normalized spacial score (nSPS) is 17.9. The van der Waals surface area contributed by atoms with Gasteiger partial charge in [-0.3, -0.25) is 0 Å². The predicted molar refractivity (Wildman–Crippen MR) is 81.2 cm³/mol. The van der Waals surface area contributed by atoms with E-state index >= 15 is 0 Å². The third-order valence-corrected chi connectivity index (χ3v) is 4.19. The van der Waals surface area contributed by atoms with Crippen LogP contribution in [0.1, 0.15) is 43.5 Å². The number of rotatable bonds is 2. The highest BCUT2D eigenvalue weighted by Gasteiger charge is 2.32. The summed E-state index contributed by atoms with van der Waals surface area (Å²) in [5, 5.41) is 0. The van der Waals surface area contributed by atoms with Gasteiger partial charge in [0.25, 0.3) is 0 Å². The summed E-state index contributed by atoms with van der Waals surface area (Å²) in [5.74, 6) is 0.800. The van der Waals surface area contributed by atoms with Gasteiger partial charge in [-0.1, -0.05) is 49.1 Å². The molecule has 3 nitrogen and oxygen atoms in total. The van der Waals surface area contributed by atoms with E-state index in [0.717, 1.165) is 29.8 Å². The van der Waals surface area contributed by atoms with Crippen LogP contribution in [-0.2, 0) is 5.54 Å². The number of hydrogen-bond acceptors (Lipinski definition) is 3. The van der Waals surface area contributed by atoms with Gasteiger partial charge in [-0.05, 0) is 25.3 Å². The van der Waals surface area contributed by atoms with Crippen LogP contribution in [0.2, 0.25) is 0 Å². The maximum atomic E-state index is 6.47. The van der Waals surface area contributed by atoms with Crippen molar-refractivity contribution >= 4 is 0 Å². The number of nitrogens with two attached hydrogens (primary N) is 1. The van der Waals surface area contributed by atoms with Crippen LogP contribution in [0, 0.1) is 6.92 Å². The minimum absolute atomic E-state index is 0.316. The third kappa shape index (κ3) is 2.59. The van der Waals surface area contributed by atoms with Gasteiger partial charge in [0.05, 0.1) is 5.54 Å². The zero-order chi connectivity index (χ0) is 14.0. The van der Waals surface area contributed by atoms with Crippen molar-refractivity contribution < 1.29 is 0 Å². The fourth-order valence-corrected chi connectivity index (χ4v) is 2.97. The fraction of sp³-hybridized carbons (Fsp3) is 0.412. The van der Waals surface area contributed by atoms with Crippen LogP contribution in [0.5, 0.6) is 0 Å². The molecule has 0 saturated heterocycles. The van der Waals surface area contributed by atoms with Gasteiger partial charge < -0.3 is 5.73 Å². The molecule has 104 valence electrons. The molecule has 0 aliphatic heterocycles. The average Bonchev–Trinajstić information content (AvgIpc) is 2.48. The summed E-state index contributed by atoms with van der Waals surface area (Å²) in [6.07, 6.45) is 9.44. The van der Waals surface area contributed by atoms with Crippen LogP contribution >= 0.6 is 0 Å². The smallest absolute Gasteiger partial charge is 0.148 e. The van der Waals surface area contributed by atoms with Crippen molar-refractivity contribution in [1.82, 2.24) is 9.97 Å². The highest BCUT2D eigenvalue weighted by molar-refractivity contribution is 5.62. The van der Waals surface area contributed by atoms with Gasteiger partial charge in [-0.2, -0.15) is 0 Å². The minimum Gasteiger partial charge on any atom is -0.319 e. The summed E-state index contributed by atoms with van der Waals surface area (Å²) in [7, 11) is 0. The molecule has 0 bridgehead atoms. The van der Waals surface area contributed by atoms with Crippen LogP contribution < -0.4 is 5.73 Å². The second-order valence-corrected chi connectivity index (χ2v) is 5.88. The molecule has 1 aliphatic rings. The minimum atomic E-state index is -0.316. The lowest BCUT2D eigenvalue weighted by Crippen LogP contribution is -2.40. The Hall–Kier alpha value is -1.74. The van der Waals surface area contributed by atoms with E-state index in [4.69, 9.17) is 5.73 Å². The van der Waals surface area contributed by atoms with E-state index in [9.17, 15) is 0 Å².